The van der Waals surface area contributed by atoms with Gasteiger partial charge in [-0.05, 0) is 19.4 Å². The zero-order chi connectivity index (χ0) is 8.39. The maximum absolute atomic E-state index is 5.51. The number of hydrogen-bond donors (Lipinski definition) is 2. The zero-order valence-corrected chi connectivity index (χ0v) is 7.60. The summed E-state index contributed by atoms with van der Waals surface area (Å²) in [5.41, 5.74) is 5.51. The molecular formula is C7H12N4S. The molecule has 0 saturated carbocycles. The molecule has 2 heterocycles. The Bertz CT molecular complexity index is 254. The van der Waals surface area contributed by atoms with Gasteiger partial charge in [0.15, 0.2) is 5.13 Å². The topological polar surface area (TPSA) is 63.8 Å². The van der Waals surface area contributed by atoms with E-state index in [0.29, 0.717) is 11.0 Å². The molecule has 4 nitrogen and oxygen atoms in total. The number of nitrogens with zero attached hydrogens (tertiary/aromatic N) is 2. The summed E-state index contributed by atoms with van der Waals surface area (Å²) >= 11 is 1.29. The van der Waals surface area contributed by atoms with Gasteiger partial charge in [0.25, 0.3) is 0 Å². The van der Waals surface area contributed by atoms with Crippen LogP contribution in [0.25, 0.3) is 0 Å². The van der Waals surface area contributed by atoms with Gasteiger partial charge < -0.3 is 11.1 Å². The molecule has 5 heteroatoms. The van der Waals surface area contributed by atoms with Crippen LogP contribution in [-0.4, -0.2) is 22.4 Å². The quantitative estimate of drug-likeness (QED) is 0.670. The number of rotatable bonds is 1. The first kappa shape index (κ1) is 7.94. The molecule has 3 N–H and O–H groups in total. The Hall–Kier alpha value is -0.680. The summed E-state index contributed by atoms with van der Waals surface area (Å²) in [6.45, 7) is 2.12. The number of piperidine rings is 1. The van der Waals surface area contributed by atoms with Crippen LogP contribution < -0.4 is 11.1 Å². The summed E-state index contributed by atoms with van der Waals surface area (Å²) in [5.74, 6) is 1.40. The van der Waals surface area contributed by atoms with Crippen LogP contribution in [0.2, 0.25) is 0 Å². The monoisotopic (exact) mass is 184 g/mol. The van der Waals surface area contributed by atoms with E-state index >= 15 is 0 Å². The van der Waals surface area contributed by atoms with E-state index in [1.54, 1.807) is 0 Å². The molecular weight excluding hydrogens is 172 g/mol. The van der Waals surface area contributed by atoms with Crippen molar-refractivity contribution in [1.29, 1.82) is 0 Å². The summed E-state index contributed by atoms with van der Waals surface area (Å²) in [5, 5.41) is 3.91. The van der Waals surface area contributed by atoms with Gasteiger partial charge in [-0.15, -0.1) is 0 Å². The molecule has 0 bridgehead atoms. The minimum atomic E-state index is 0.479. The summed E-state index contributed by atoms with van der Waals surface area (Å²) in [4.78, 5) is 4.18. The molecule has 1 atom stereocenters. The molecule has 1 saturated heterocycles. The highest BCUT2D eigenvalue weighted by Crippen LogP contribution is 2.22. The molecule has 1 aliphatic heterocycles. The molecule has 0 aromatic carbocycles. The van der Waals surface area contributed by atoms with Gasteiger partial charge in [-0.3, -0.25) is 0 Å². The molecule has 0 radical (unpaired) electrons. The standard InChI is InChI=1S/C7H12N4S/c8-7-10-6(11-12-7)5-2-1-3-9-4-5/h5,9H,1-4H2,(H2,8,10,11). The largest absolute Gasteiger partial charge is 0.374 e. The predicted octanol–water partition coefficient (Wildman–Crippen LogP) is 0.587. The van der Waals surface area contributed by atoms with Crippen LogP contribution in [0.1, 0.15) is 24.6 Å². The molecule has 0 amide bonds. The van der Waals surface area contributed by atoms with E-state index in [1.807, 2.05) is 0 Å². The van der Waals surface area contributed by atoms with Crippen molar-refractivity contribution in [3.8, 4) is 0 Å². The van der Waals surface area contributed by atoms with E-state index < -0.39 is 0 Å². The molecule has 12 heavy (non-hydrogen) atoms. The summed E-state index contributed by atoms with van der Waals surface area (Å²) in [6.07, 6.45) is 2.40. The minimum Gasteiger partial charge on any atom is -0.374 e. The molecule has 1 unspecified atom stereocenters. The van der Waals surface area contributed by atoms with Gasteiger partial charge in [0, 0.05) is 24.0 Å². The fourth-order valence-electron chi connectivity index (χ4n) is 1.49. The van der Waals surface area contributed by atoms with Gasteiger partial charge in [0.2, 0.25) is 0 Å². The van der Waals surface area contributed by atoms with Crippen molar-refractivity contribution in [2.45, 2.75) is 18.8 Å². The van der Waals surface area contributed by atoms with Crippen molar-refractivity contribution < 1.29 is 0 Å². The smallest absolute Gasteiger partial charge is 0.199 e. The number of anilines is 1. The molecule has 0 aliphatic carbocycles. The highest BCUT2D eigenvalue weighted by atomic mass is 32.1. The van der Waals surface area contributed by atoms with Crippen LogP contribution in [-0.2, 0) is 0 Å². The normalized spacial score (nSPS) is 24.2. The van der Waals surface area contributed by atoms with Crippen molar-refractivity contribution in [3.05, 3.63) is 5.82 Å². The fraction of sp³-hybridized carbons (Fsp3) is 0.714. The summed E-state index contributed by atoms with van der Waals surface area (Å²) < 4.78 is 4.20. The highest BCUT2D eigenvalue weighted by molar-refractivity contribution is 7.09. The molecule has 0 spiro atoms. The molecule has 1 aromatic rings. The second-order valence-electron chi connectivity index (χ2n) is 3.03. The van der Waals surface area contributed by atoms with E-state index in [0.717, 1.165) is 18.9 Å². The van der Waals surface area contributed by atoms with Crippen molar-refractivity contribution in [2.24, 2.45) is 0 Å². The van der Waals surface area contributed by atoms with E-state index in [2.05, 4.69) is 14.7 Å². The highest BCUT2D eigenvalue weighted by Gasteiger charge is 2.18. The number of nitrogen functional groups attached to an aromatic ring is 1. The van der Waals surface area contributed by atoms with Crippen LogP contribution in [0.15, 0.2) is 0 Å². The van der Waals surface area contributed by atoms with Crippen molar-refractivity contribution in [3.63, 3.8) is 0 Å². The van der Waals surface area contributed by atoms with Crippen LogP contribution in [0.4, 0.5) is 5.13 Å². The van der Waals surface area contributed by atoms with Gasteiger partial charge in [0.1, 0.15) is 5.82 Å². The predicted molar refractivity (Wildman–Crippen MR) is 49.2 cm³/mol. The van der Waals surface area contributed by atoms with Gasteiger partial charge in [0.05, 0.1) is 0 Å². The maximum Gasteiger partial charge on any atom is 0.199 e. The van der Waals surface area contributed by atoms with Crippen molar-refractivity contribution in [2.75, 3.05) is 18.8 Å². The Morgan fingerprint density at radius 2 is 2.50 bits per heavy atom. The SMILES string of the molecule is Nc1nc(C2CCCNC2)ns1. The average molecular weight is 184 g/mol. The maximum atomic E-state index is 5.51. The lowest BCUT2D eigenvalue weighted by molar-refractivity contribution is 0.450. The second kappa shape index (κ2) is 3.37. The third-order valence-corrected chi connectivity index (χ3v) is 2.68. The zero-order valence-electron chi connectivity index (χ0n) is 6.79. The molecule has 2 rings (SSSR count). The summed E-state index contributed by atoms with van der Waals surface area (Å²) in [6, 6.07) is 0. The first-order valence-electron chi connectivity index (χ1n) is 4.16. The van der Waals surface area contributed by atoms with Crippen molar-refractivity contribution >= 4 is 16.7 Å². The minimum absolute atomic E-state index is 0.479. The Morgan fingerprint density at radius 3 is 3.08 bits per heavy atom. The molecule has 1 fully saturated rings. The Labute approximate surface area is 75.4 Å². The van der Waals surface area contributed by atoms with E-state index in [4.69, 9.17) is 5.73 Å². The van der Waals surface area contributed by atoms with Crippen LogP contribution in [0, 0.1) is 0 Å². The van der Waals surface area contributed by atoms with Gasteiger partial charge in [-0.1, -0.05) is 0 Å². The Kier molecular flexibility index (Phi) is 2.23. The van der Waals surface area contributed by atoms with Crippen LogP contribution in [0.3, 0.4) is 0 Å². The first-order valence-corrected chi connectivity index (χ1v) is 4.93. The first-order chi connectivity index (χ1) is 5.86. The summed E-state index contributed by atoms with van der Waals surface area (Å²) in [7, 11) is 0. The van der Waals surface area contributed by atoms with Crippen LogP contribution in [0.5, 0.6) is 0 Å². The third kappa shape index (κ3) is 1.56. The van der Waals surface area contributed by atoms with Crippen LogP contribution >= 0.6 is 11.5 Å². The molecule has 66 valence electrons. The number of nitrogens with two attached hydrogens (primary N) is 1. The van der Waals surface area contributed by atoms with E-state index in [1.165, 1.54) is 24.4 Å². The lowest BCUT2D eigenvalue weighted by atomic mass is 9.99. The second-order valence-corrected chi connectivity index (χ2v) is 3.82. The van der Waals surface area contributed by atoms with Gasteiger partial charge >= 0.3 is 0 Å². The van der Waals surface area contributed by atoms with Gasteiger partial charge in [-0.25, -0.2) is 4.98 Å². The average Bonchev–Trinajstić information content (AvgIpc) is 2.54. The van der Waals surface area contributed by atoms with E-state index in [-0.39, 0.29) is 0 Å². The van der Waals surface area contributed by atoms with E-state index in [9.17, 15) is 0 Å². The molecule has 1 aromatic heterocycles. The lowest BCUT2D eigenvalue weighted by Crippen LogP contribution is -2.28. The van der Waals surface area contributed by atoms with Crippen molar-refractivity contribution in [1.82, 2.24) is 14.7 Å². The molecule has 1 aliphatic rings. The Morgan fingerprint density at radius 1 is 1.58 bits per heavy atom. The van der Waals surface area contributed by atoms with Gasteiger partial charge in [-0.2, -0.15) is 4.37 Å². The Balaban J connectivity index is 2.08. The lowest BCUT2D eigenvalue weighted by Gasteiger charge is -2.19. The third-order valence-electron chi connectivity index (χ3n) is 2.12. The number of nitrogens with one attached hydrogen (secondary N) is 1. The number of aromatic nitrogens is 2. The number of hydrogen-bond acceptors (Lipinski definition) is 5. The fourth-order valence-corrected chi connectivity index (χ4v) is 2.00.